The molecule has 0 spiro atoms. The van der Waals surface area contributed by atoms with Gasteiger partial charge in [0, 0.05) is 26.3 Å². The van der Waals surface area contributed by atoms with Crippen LogP contribution in [0.2, 0.25) is 0 Å². The van der Waals surface area contributed by atoms with Gasteiger partial charge in [-0.15, -0.1) is 0 Å². The number of hydrogen-bond acceptors (Lipinski definition) is 6. The van der Waals surface area contributed by atoms with Crippen molar-refractivity contribution >= 4 is 0 Å². The Morgan fingerprint density at radius 3 is 1.25 bits per heavy atom. The van der Waals surface area contributed by atoms with Gasteiger partial charge in [-0.05, 0) is 13.8 Å². The van der Waals surface area contributed by atoms with Crippen LogP contribution in [0.3, 0.4) is 0 Å². The summed E-state index contributed by atoms with van der Waals surface area (Å²) in [6, 6.07) is 0. The van der Waals surface area contributed by atoms with Crippen LogP contribution in [0.4, 0.5) is 0 Å². The Morgan fingerprint density at radius 2 is 1.12 bits per heavy atom. The van der Waals surface area contributed by atoms with E-state index in [9.17, 15) is 0 Å². The number of aliphatic hydroxyl groups is 4. The first-order chi connectivity index (χ1) is 7.74. The minimum atomic E-state index is -0.125. The molecule has 0 aliphatic heterocycles. The zero-order chi connectivity index (χ0) is 13.1. The second-order valence-electron chi connectivity index (χ2n) is 2.43. The van der Waals surface area contributed by atoms with Crippen molar-refractivity contribution in [2.75, 3.05) is 52.7 Å². The molecule has 0 unspecified atom stereocenters. The highest BCUT2D eigenvalue weighted by Crippen LogP contribution is 1.64. The molecule has 0 fully saturated rings. The molecule has 0 saturated heterocycles. The molecule has 6 heteroatoms. The first-order valence-electron chi connectivity index (χ1n) is 5.46. The second kappa shape index (κ2) is 29.3. The Balaban J connectivity index is -0.000000166. The molecule has 102 valence electrons. The van der Waals surface area contributed by atoms with E-state index in [1.54, 1.807) is 0 Å². The van der Waals surface area contributed by atoms with E-state index < -0.39 is 0 Å². The summed E-state index contributed by atoms with van der Waals surface area (Å²) in [6.07, 6.45) is 0. The van der Waals surface area contributed by atoms with Gasteiger partial charge in [0.05, 0.1) is 26.4 Å². The summed E-state index contributed by atoms with van der Waals surface area (Å²) in [5.74, 6) is 0. The molecule has 0 rings (SSSR count). The van der Waals surface area contributed by atoms with Crippen LogP contribution in [-0.4, -0.2) is 73.2 Å². The minimum Gasteiger partial charge on any atom is -0.395 e. The van der Waals surface area contributed by atoms with Crippen LogP contribution in [0, 0.1) is 0 Å². The van der Waals surface area contributed by atoms with Gasteiger partial charge in [-0.1, -0.05) is 0 Å². The van der Waals surface area contributed by atoms with Gasteiger partial charge < -0.3 is 30.5 Å². The van der Waals surface area contributed by atoms with E-state index in [0.29, 0.717) is 13.1 Å². The number of nitrogens with one attached hydrogen (secondary N) is 1. The van der Waals surface area contributed by atoms with Crippen molar-refractivity contribution in [3.63, 3.8) is 0 Å². The molecule has 5 N–H and O–H groups in total. The lowest BCUT2D eigenvalue weighted by Gasteiger charge is -1.94. The van der Waals surface area contributed by atoms with Gasteiger partial charge in [-0.2, -0.15) is 0 Å². The van der Waals surface area contributed by atoms with Crippen molar-refractivity contribution in [1.82, 2.24) is 5.32 Å². The first-order valence-corrected chi connectivity index (χ1v) is 5.46. The summed E-state index contributed by atoms with van der Waals surface area (Å²) < 4.78 is 4.83. The third kappa shape index (κ3) is 49.0. The van der Waals surface area contributed by atoms with Crippen molar-refractivity contribution in [2.45, 2.75) is 13.8 Å². The van der Waals surface area contributed by atoms with Gasteiger partial charge in [-0.25, -0.2) is 0 Å². The van der Waals surface area contributed by atoms with Crippen molar-refractivity contribution < 1.29 is 25.2 Å². The molecular formula is C10H27NO5. The van der Waals surface area contributed by atoms with Crippen LogP contribution in [0.25, 0.3) is 0 Å². The lowest BCUT2D eigenvalue weighted by atomic mass is 10.6. The number of aliphatic hydroxyl groups excluding tert-OH is 4. The molecule has 0 amide bonds. The monoisotopic (exact) mass is 241 g/mol. The predicted molar refractivity (Wildman–Crippen MR) is 63.4 cm³/mol. The van der Waals surface area contributed by atoms with Gasteiger partial charge in [0.25, 0.3) is 0 Å². The molecule has 0 bridgehead atoms. The SMILES string of the molecule is CCOCC.OCCNCCO.OCCO. The molecule has 0 aromatic rings. The average molecular weight is 241 g/mol. The van der Waals surface area contributed by atoms with Gasteiger partial charge in [-0.3, -0.25) is 0 Å². The number of hydrogen-bond donors (Lipinski definition) is 5. The summed E-state index contributed by atoms with van der Waals surface area (Å²) in [5, 5.41) is 34.3. The predicted octanol–water partition coefficient (Wildman–Crippen LogP) is -1.43. The Bertz CT molecular complexity index is 77.6. The summed E-state index contributed by atoms with van der Waals surface area (Å²) in [5.41, 5.74) is 0. The normalized spacial score (nSPS) is 8.62. The van der Waals surface area contributed by atoms with E-state index in [1.807, 2.05) is 13.8 Å². The summed E-state index contributed by atoms with van der Waals surface area (Å²) in [6.45, 7) is 6.83. The van der Waals surface area contributed by atoms with Crippen LogP contribution in [0.5, 0.6) is 0 Å². The molecule has 0 radical (unpaired) electrons. The van der Waals surface area contributed by atoms with Gasteiger partial charge in [0.2, 0.25) is 0 Å². The zero-order valence-electron chi connectivity index (χ0n) is 10.4. The molecule has 0 heterocycles. The molecule has 16 heavy (non-hydrogen) atoms. The smallest absolute Gasteiger partial charge is 0.0662 e. The topological polar surface area (TPSA) is 102 Å². The maximum absolute atomic E-state index is 8.15. The molecule has 0 aliphatic rings. The Hall–Kier alpha value is -0.240. The minimum absolute atomic E-state index is 0.125. The van der Waals surface area contributed by atoms with Crippen LogP contribution in [0.15, 0.2) is 0 Å². The highest BCUT2D eigenvalue weighted by atomic mass is 16.5. The molecular weight excluding hydrogens is 214 g/mol. The quantitative estimate of drug-likeness (QED) is 0.350. The standard InChI is InChI=1S/C4H11NO2.C4H10O.C2H6O2/c6-3-1-5-2-4-7;1-3-5-4-2;3-1-2-4/h5-7H,1-4H2;3-4H2,1-2H3;3-4H,1-2H2. The van der Waals surface area contributed by atoms with Crippen molar-refractivity contribution in [1.29, 1.82) is 0 Å². The van der Waals surface area contributed by atoms with Gasteiger partial charge >= 0.3 is 0 Å². The van der Waals surface area contributed by atoms with Gasteiger partial charge in [0.1, 0.15) is 0 Å². The Kier molecular flexibility index (Phi) is 38.7. The van der Waals surface area contributed by atoms with Crippen LogP contribution in [0.1, 0.15) is 13.8 Å². The third-order valence-electron chi connectivity index (χ3n) is 1.09. The van der Waals surface area contributed by atoms with E-state index in [-0.39, 0.29) is 26.4 Å². The Labute approximate surface area is 97.9 Å². The summed E-state index contributed by atoms with van der Waals surface area (Å²) >= 11 is 0. The fourth-order valence-corrected chi connectivity index (χ4v) is 0.487. The highest BCUT2D eigenvalue weighted by Gasteiger charge is 1.78. The largest absolute Gasteiger partial charge is 0.395 e. The molecule has 0 atom stereocenters. The molecule has 0 aliphatic carbocycles. The van der Waals surface area contributed by atoms with Crippen molar-refractivity contribution in [3.8, 4) is 0 Å². The zero-order valence-corrected chi connectivity index (χ0v) is 10.4. The second-order valence-corrected chi connectivity index (χ2v) is 2.43. The van der Waals surface area contributed by atoms with E-state index in [0.717, 1.165) is 13.2 Å². The van der Waals surface area contributed by atoms with Crippen LogP contribution < -0.4 is 5.32 Å². The lowest BCUT2D eigenvalue weighted by molar-refractivity contribution is 0.162. The Morgan fingerprint density at radius 1 is 0.750 bits per heavy atom. The van der Waals surface area contributed by atoms with E-state index >= 15 is 0 Å². The summed E-state index contributed by atoms with van der Waals surface area (Å²) in [7, 11) is 0. The van der Waals surface area contributed by atoms with Crippen molar-refractivity contribution in [2.24, 2.45) is 0 Å². The molecule has 0 saturated carbocycles. The van der Waals surface area contributed by atoms with E-state index in [4.69, 9.17) is 25.2 Å². The first kappa shape index (κ1) is 21.1. The molecule has 6 nitrogen and oxygen atoms in total. The third-order valence-corrected chi connectivity index (χ3v) is 1.09. The maximum atomic E-state index is 8.15. The van der Waals surface area contributed by atoms with Crippen molar-refractivity contribution in [3.05, 3.63) is 0 Å². The number of rotatable bonds is 7. The maximum Gasteiger partial charge on any atom is 0.0662 e. The van der Waals surface area contributed by atoms with E-state index in [2.05, 4.69) is 5.32 Å². The molecule has 0 aromatic carbocycles. The summed E-state index contributed by atoms with van der Waals surface area (Å²) in [4.78, 5) is 0. The molecule has 0 aromatic heterocycles. The van der Waals surface area contributed by atoms with Crippen LogP contribution >= 0.6 is 0 Å². The fourth-order valence-electron chi connectivity index (χ4n) is 0.487. The lowest BCUT2D eigenvalue weighted by Crippen LogP contribution is -2.21. The fraction of sp³-hybridized carbons (Fsp3) is 1.00. The average Bonchev–Trinajstić information content (AvgIpc) is 2.32. The van der Waals surface area contributed by atoms with Crippen LogP contribution in [-0.2, 0) is 4.74 Å². The van der Waals surface area contributed by atoms with Gasteiger partial charge in [0.15, 0.2) is 0 Å². The number of ether oxygens (including phenoxy) is 1. The van der Waals surface area contributed by atoms with E-state index in [1.165, 1.54) is 0 Å². The highest BCUT2D eigenvalue weighted by molar-refractivity contribution is 4.39.